The van der Waals surface area contributed by atoms with Crippen LogP contribution in [0.4, 0.5) is 11.4 Å². The summed E-state index contributed by atoms with van der Waals surface area (Å²) in [6.45, 7) is 1.56. The first-order valence-corrected chi connectivity index (χ1v) is 7.40. The number of anilines is 1. The fraction of sp³-hybridized carbons (Fsp3) is 0.167. The fourth-order valence-corrected chi connectivity index (χ4v) is 3.26. The average molecular weight is 311 g/mol. The van der Waals surface area contributed by atoms with E-state index in [1.165, 1.54) is 18.4 Å². The van der Waals surface area contributed by atoms with E-state index in [9.17, 15) is 18.5 Å². The van der Waals surface area contributed by atoms with Crippen molar-refractivity contribution < 1.29 is 17.8 Å². The third-order valence-electron chi connectivity index (χ3n) is 2.80. The molecule has 21 heavy (non-hydrogen) atoms. The lowest BCUT2D eigenvalue weighted by Crippen LogP contribution is -2.27. The summed E-state index contributed by atoms with van der Waals surface area (Å²) in [5.41, 5.74) is 4.64. The van der Waals surface area contributed by atoms with Crippen LogP contribution < -0.4 is 10.5 Å². The summed E-state index contributed by atoms with van der Waals surface area (Å²) in [7, 11) is -4.12. The number of para-hydroxylation sites is 1. The Kier molecular flexibility index (Phi) is 3.96. The van der Waals surface area contributed by atoms with Crippen LogP contribution in [-0.4, -0.2) is 13.3 Å². The van der Waals surface area contributed by atoms with Crippen LogP contribution in [0, 0.1) is 10.1 Å². The van der Waals surface area contributed by atoms with Crippen molar-refractivity contribution in [2.75, 3.05) is 5.73 Å². The van der Waals surface area contributed by atoms with E-state index in [1.807, 2.05) is 0 Å². The van der Waals surface area contributed by atoms with Crippen molar-refractivity contribution in [3.8, 4) is 0 Å². The molecular formula is C12H13N3O5S. The van der Waals surface area contributed by atoms with Crippen LogP contribution in [0.1, 0.15) is 18.7 Å². The number of furan rings is 1. The van der Waals surface area contributed by atoms with E-state index in [2.05, 4.69) is 4.72 Å². The van der Waals surface area contributed by atoms with Crippen molar-refractivity contribution in [2.45, 2.75) is 17.9 Å². The Bertz CT molecular complexity index is 755. The SMILES string of the molecule is CC(NS(=O)(=O)c1cccc(N)c1[N+](=O)[O-])c1ccco1. The van der Waals surface area contributed by atoms with E-state index in [1.54, 1.807) is 19.1 Å². The maximum Gasteiger partial charge on any atom is 0.312 e. The fourth-order valence-electron chi connectivity index (χ4n) is 1.84. The molecule has 0 saturated heterocycles. The Morgan fingerprint density at radius 3 is 2.62 bits per heavy atom. The molecule has 1 unspecified atom stereocenters. The van der Waals surface area contributed by atoms with Crippen molar-refractivity contribution in [1.82, 2.24) is 4.72 Å². The van der Waals surface area contributed by atoms with Crippen molar-refractivity contribution in [3.05, 3.63) is 52.5 Å². The second-order valence-corrected chi connectivity index (χ2v) is 5.99. The van der Waals surface area contributed by atoms with Gasteiger partial charge in [0.25, 0.3) is 0 Å². The summed E-state index contributed by atoms with van der Waals surface area (Å²) in [6, 6.07) is 6.28. The number of hydrogen-bond acceptors (Lipinski definition) is 6. The number of sulfonamides is 1. The van der Waals surface area contributed by atoms with E-state index >= 15 is 0 Å². The van der Waals surface area contributed by atoms with Crippen molar-refractivity contribution in [2.24, 2.45) is 0 Å². The number of nitrogens with one attached hydrogen (secondary N) is 1. The van der Waals surface area contributed by atoms with E-state index < -0.39 is 31.6 Å². The maximum absolute atomic E-state index is 12.3. The lowest BCUT2D eigenvalue weighted by molar-refractivity contribution is -0.386. The van der Waals surface area contributed by atoms with Gasteiger partial charge in [-0.2, -0.15) is 0 Å². The molecule has 9 heteroatoms. The minimum Gasteiger partial charge on any atom is -0.468 e. The van der Waals surface area contributed by atoms with Gasteiger partial charge in [-0.05, 0) is 31.2 Å². The summed E-state index contributed by atoms with van der Waals surface area (Å²) in [5.74, 6) is 0.394. The number of nitro benzene ring substituents is 1. The van der Waals surface area contributed by atoms with E-state index in [0.717, 1.165) is 6.07 Å². The molecule has 0 bridgehead atoms. The molecule has 0 aliphatic rings. The molecule has 0 aliphatic heterocycles. The molecule has 0 aliphatic carbocycles. The van der Waals surface area contributed by atoms with Crippen LogP contribution in [-0.2, 0) is 10.0 Å². The number of rotatable bonds is 5. The molecule has 1 atom stereocenters. The van der Waals surface area contributed by atoms with Crippen LogP contribution in [0.5, 0.6) is 0 Å². The van der Waals surface area contributed by atoms with Crippen LogP contribution in [0.15, 0.2) is 45.9 Å². The van der Waals surface area contributed by atoms with E-state index in [4.69, 9.17) is 10.2 Å². The molecule has 0 amide bonds. The van der Waals surface area contributed by atoms with Gasteiger partial charge in [0.05, 0.1) is 17.2 Å². The second kappa shape index (κ2) is 5.54. The van der Waals surface area contributed by atoms with Gasteiger partial charge in [0.2, 0.25) is 10.0 Å². The number of nitrogens with zero attached hydrogens (tertiary/aromatic N) is 1. The molecule has 2 aromatic rings. The van der Waals surface area contributed by atoms with Crippen molar-refractivity contribution in [3.63, 3.8) is 0 Å². The predicted octanol–water partition coefficient (Wildman–Crippen LogP) is 1.81. The lowest BCUT2D eigenvalue weighted by atomic mass is 10.3. The Balaban J connectivity index is 2.41. The molecule has 0 saturated carbocycles. The first-order chi connectivity index (χ1) is 9.83. The van der Waals surface area contributed by atoms with Gasteiger partial charge >= 0.3 is 5.69 Å². The number of hydrogen-bond donors (Lipinski definition) is 2. The van der Waals surface area contributed by atoms with Gasteiger partial charge < -0.3 is 10.2 Å². The third-order valence-corrected chi connectivity index (χ3v) is 4.38. The maximum atomic E-state index is 12.3. The Morgan fingerprint density at radius 1 is 1.33 bits per heavy atom. The number of nitrogens with two attached hydrogens (primary N) is 1. The van der Waals surface area contributed by atoms with Crippen LogP contribution >= 0.6 is 0 Å². The largest absolute Gasteiger partial charge is 0.468 e. The minimum atomic E-state index is -4.12. The van der Waals surface area contributed by atoms with Gasteiger partial charge in [-0.15, -0.1) is 0 Å². The number of nitrogen functional groups attached to an aromatic ring is 1. The molecule has 0 radical (unpaired) electrons. The highest BCUT2D eigenvalue weighted by Gasteiger charge is 2.29. The highest BCUT2D eigenvalue weighted by atomic mass is 32.2. The topological polar surface area (TPSA) is 128 Å². The van der Waals surface area contributed by atoms with E-state index in [-0.39, 0.29) is 5.69 Å². The van der Waals surface area contributed by atoms with Crippen LogP contribution in [0.2, 0.25) is 0 Å². The summed E-state index contributed by atoms with van der Waals surface area (Å²) in [6.07, 6.45) is 1.41. The molecule has 1 aromatic heterocycles. The minimum absolute atomic E-state index is 0.214. The number of benzene rings is 1. The molecule has 8 nitrogen and oxygen atoms in total. The molecular weight excluding hydrogens is 298 g/mol. The van der Waals surface area contributed by atoms with Gasteiger partial charge in [-0.3, -0.25) is 10.1 Å². The Hall–Kier alpha value is -2.39. The lowest BCUT2D eigenvalue weighted by Gasteiger charge is -2.12. The van der Waals surface area contributed by atoms with Crippen LogP contribution in [0.3, 0.4) is 0 Å². The first-order valence-electron chi connectivity index (χ1n) is 5.91. The van der Waals surface area contributed by atoms with Crippen molar-refractivity contribution in [1.29, 1.82) is 0 Å². The third kappa shape index (κ3) is 3.03. The van der Waals surface area contributed by atoms with Gasteiger partial charge in [0.1, 0.15) is 11.4 Å². The summed E-state index contributed by atoms with van der Waals surface area (Å²) in [5, 5.41) is 11.0. The smallest absolute Gasteiger partial charge is 0.312 e. The molecule has 0 fully saturated rings. The Morgan fingerprint density at radius 2 is 2.05 bits per heavy atom. The second-order valence-electron chi connectivity index (χ2n) is 4.31. The monoisotopic (exact) mass is 311 g/mol. The van der Waals surface area contributed by atoms with Crippen LogP contribution in [0.25, 0.3) is 0 Å². The van der Waals surface area contributed by atoms with E-state index in [0.29, 0.717) is 5.76 Å². The first kappa shape index (κ1) is 15.0. The summed E-state index contributed by atoms with van der Waals surface area (Å²) < 4.78 is 32.0. The van der Waals surface area contributed by atoms with Gasteiger partial charge in [0.15, 0.2) is 4.90 Å². The number of nitro groups is 1. The normalized spacial score (nSPS) is 13.0. The highest BCUT2D eigenvalue weighted by Crippen LogP contribution is 2.30. The molecule has 3 N–H and O–H groups in total. The standard InChI is InChI=1S/C12H13N3O5S/c1-8(10-5-3-7-20-10)14-21(18,19)11-6-2-4-9(13)12(11)15(16)17/h2-8,14H,13H2,1H3. The molecule has 2 rings (SSSR count). The summed E-state index contributed by atoms with van der Waals surface area (Å²) in [4.78, 5) is 9.72. The van der Waals surface area contributed by atoms with Crippen molar-refractivity contribution >= 4 is 21.4 Å². The quantitative estimate of drug-likeness (QED) is 0.492. The van der Waals surface area contributed by atoms with Gasteiger partial charge in [-0.25, -0.2) is 13.1 Å². The molecule has 1 heterocycles. The zero-order chi connectivity index (χ0) is 15.6. The highest BCUT2D eigenvalue weighted by molar-refractivity contribution is 7.89. The zero-order valence-corrected chi connectivity index (χ0v) is 11.8. The molecule has 0 spiro atoms. The van der Waals surface area contributed by atoms with Gasteiger partial charge in [-0.1, -0.05) is 6.07 Å². The zero-order valence-electron chi connectivity index (χ0n) is 11.0. The van der Waals surface area contributed by atoms with Gasteiger partial charge in [0, 0.05) is 0 Å². The Labute approximate surface area is 120 Å². The summed E-state index contributed by atoms with van der Waals surface area (Å²) >= 11 is 0. The average Bonchev–Trinajstić information content (AvgIpc) is 2.91. The predicted molar refractivity (Wildman–Crippen MR) is 75.0 cm³/mol. The molecule has 1 aromatic carbocycles. The molecule has 112 valence electrons.